The number of hydrogen-bond acceptors (Lipinski definition) is 3. The maximum absolute atomic E-state index is 12.7. The van der Waals surface area contributed by atoms with E-state index in [1.165, 1.54) is 0 Å². The van der Waals surface area contributed by atoms with E-state index in [0.717, 1.165) is 11.3 Å². The zero-order valence-corrected chi connectivity index (χ0v) is 11.2. The van der Waals surface area contributed by atoms with E-state index >= 15 is 0 Å². The number of thiazole rings is 1. The highest BCUT2D eigenvalue weighted by Gasteiger charge is 2.37. The minimum Gasteiger partial charge on any atom is -0.307 e. The number of hydrogen-bond donors (Lipinski definition) is 1. The van der Waals surface area contributed by atoms with Crippen molar-refractivity contribution >= 4 is 11.3 Å². The van der Waals surface area contributed by atoms with Gasteiger partial charge >= 0.3 is 6.18 Å². The molecule has 1 N–H and O–H groups in total. The summed E-state index contributed by atoms with van der Waals surface area (Å²) in [6.45, 7) is 7.77. The third-order valence-corrected chi connectivity index (χ3v) is 3.29. The Morgan fingerprint density at radius 3 is 2.24 bits per heavy atom. The molecule has 0 saturated heterocycles. The van der Waals surface area contributed by atoms with E-state index in [-0.39, 0.29) is 17.0 Å². The molecule has 0 spiro atoms. The molecule has 1 aromatic heterocycles. The second-order valence-electron chi connectivity index (χ2n) is 4.83. The number of nitrogens with one attached hydrogen (secondary N) is 1. The van der Waals surface area contributed by atoms with E-state index in [0.29, 0.717) is 11.4 Å². The summed E-state index contributed by atoms with van der Waals surface area (Å²) < 4.78 is 38.2. The standard InChI is InChI=1S/C11H17F3N2S/c1-5-8-16-9(11(12,13)14)7(17-8)6-15-10(2,3)4/h15H,5-6H2,1-4H3. The molecule has 0 amide bonds. The predicted molar refractivity (Wildman–Crippen MR) is 63.1 cm³/mol. The van der Waals surface area contributed by atoms with Gasteiger partial charge < -0.3 is 5.32 Å². The monoisotopic (exact) mass is 266 g/mol. The molecule has 1 rings (SSSR count). The van der Waals surface area contributed by atoms with E-state index < -0.39 is 11.9 Å². The van der Waals surface area contributed by atoms with Gasteiger partial charge in [0.25, 0.3) is 0 Å². The molecule has 1 heterocycles. The van der Waals surface area contributed by atoms with Gasteiger partial charge in [-0.05, 0) is 27.2 Å². The van der Waals surface area contributed by atoms with Crippen LogP contribution in [-0.2, 0) is 19.1 Å². The first-order chi connectivity index (χ1) is 7.63. The lowest BCUT2D eigenvalue weighted by molar-refractivity contribution is -0.141. The highest BCUT2D eigenvalue weighted by atomic mass is 32.1. The zero-order valence-electron chi connectivity index (χ0n) is 10.4. The minimum absolute atomic E-state index is 0.204. The van der Waals surface area contributed by atoms with E-state index in [2.05, 4.69) is 10.3 Å². The Bertz CT molecular complexity index is 377. The molecule has 0 bridgehead atoms. The third kappa shape index (κ3) is 4.27. The number of aromatic nitrogens is 1. The summed E-state index contributed by atoms with van der Waals surface area (Å²) in [7, 11) is 0. The second-order valence-corrected chi connectivity index (χ2v) is 6.00. The number of alkyl halides is 3. The zero-order chi connectivity index (χ0) is 13.3. The smallest absolute Gasteiger partial charge is 0.307 e. The van der Waals surface area contributed by atoms with Crippen molar-refractivity contribution in [1.29, 1.82) is 0 Å². The molecule has 0 radical (unpaired) electrons. The summed E-state index contributed by atoms with van der Waals surface area (Å²) in [6.07, 6.45) is -3.83. The van der Waals surface area contributed by atoms with Crippen molar-refractivity contribution in [1.82, 2.24) is 10.3 Å². The molecule has 17 heavy (non-hydrogen) atoms. The minimum atomic E-state index is -4.36. The topological polar surface area (TPSA) is 24.9 Å². The molecule has 0 aliphatic carbocycles. The van der Waals surface area contributed by atoms with Gasteiger partial charge in [-0.3, -0.25) is 0 Å². The van der Waals surface area contributed by atoms with Gasteiger partial charge in [-0.25, -0.2) is 4.98 Å². The summed E-state index contributed by atoms with van der Waals surface area (Å²) >= 11 is 1.13. The molecule has 0 saturated carbocycles. The lowest BCUT2D eigenvalue weighted by Crippen LogP contribution is -2.35. The first-order valence-electron chi connectivity index (χ1n) is 5.44. The Morgan fingerprint density at radius 1 is 1.24 bits per heavy atom. The average molecular weight is 266 g/mol. The Balaban J connectivity index is 2.93. The van der Waals surface area contributed by atoms with Crippen LogP contribution in [-0.4, -0.2) is 10.5 Å². The van der Waals surface area contributed by atoms with Gasteiger partial charge in [0, 0.05) is 12.1 Å². The summed E-state index contributed by atoms with van der Waals surface area (Å²) in [5.74, 6) is 0. The lowest BCUT2D eigenvalue weighted by Gasteiger charge is -2.20. The normalized spacial score (nSPS) is 13.1. The molecule has 0 unspecified atom stereocenters. The number of rotatable bonds is 3. The first kappa shape index (κ1) is 14.4. The van der Waals surface area contributed by atoms with Gasteiger partial charge in [0.1, 0.15) is 0 Å². The highest BCUT2D eigenvalue weighted by Crippen LogP contribution is 2.34. The lowest BCUT2D eigenvalue weighted by atomic mass is 10.1. The number of nitrogens with zero attached hydrogens (tertiary/aromatic N) is 1. The van der Waals surface area contributed by atoms with Crippen molar-refractivity contribution in [2.45, 2.75) is 52.4 Å². The summed E-state index contributed by atoms with van der Waals surface area (Å²) in [5.41, 5.74) is -0.949. The second kappa shape index (κ2) is 4.94. The van der Waals surface area contributed by atoms with Crippen LogP contribution in [0.15, 0.2) is 0 Å². The van der Waals surface area contributed by atoms with Crippen molar-refractivity contribution in [2.75, 3.05) is 0 Å². The van der Waals surface area contributed by atoms with Crippen LogP contribution >= 0.6 is 11.3 Å². The van der Waals surface area contributed by atoms with Gasteiger partial charge in [-0.15, -0.1) is 11.3 Å². The molecule has 0 aliphatic rings. The molecule has 2 nitrogen and oxygen atoms in total. The van der Waals surface area contributed by atoms with Crippen molar-refractivity contribution in [2.24, 2.45) is 0 Å². The van der Waals surface area contributed by atoms with E-state index in [9.17, 15) is 13.2 Å². The van der Waals surface area contributed by atoms with Crippen LogP contribution in [0.3, 0.4) is 0 Å². The highest BCUT2D eigenvalue weighted by molar-refractivity contribution is 7.11. The van der Waals surface area contributed by atoms with Crippen LogP contribution in [0.4, 0.5) is 13.2 Å². The van der Waals surface area contributed by atoms with Crippen LogP contribution in [0.5, 0.6) is 0 Å². The van der Waals surface area contributed by atoms with E-state index in [4.69, 9.17) is 0 Å². The maximum atomic E-state index is 12.7. The van der Waals surface area contributed by atoms with Crippen LogP contribution in [0, 0.1) is 0 Å². The molecule has 98 valence electrons. The largest absolute Gasteiger partial charge is 0.434 e. The molecule has 0 aliphatic heterocycles. The molecule has 0 atom stereocenters. The fourth-order valence-corrected chi connectivity index (χ4v) is 2.21. The van der Waals surface area contributed by atoms with Crippen molar-refractivity contribution < 1.29 is 13.2 Å². The quantitative estimate of drug-likeness (QED) is 0.904. The van der Waals surface area contributed by atoms with Crippen LogP contribution in [0.1, 0.15) is 43.3 Å². The Hall–Kier alpha value is -0.620. The summed E-state index contributed by atoms with van der Waals surface area (Å²) in [5, 5.41) is 3.59. The summed E-state index contributed by atoms with van der Waals surface area (Å²) in [4.78, 5) is 3.92. The van der Waals surface area contributed by atoms with Gasteiger partial charge in [0.2, 0.25) is 0 Å². The Labute approximate surface area is 103 Å². The van der Waals surface area contributed by atoms with Crippen LogP contribution in [0.25, 0.3) is 0 Å². The fourth-order valence-electron chi connectivity index (χ4n) is 1.24. The fraction of sp³-hybridized carbons (Fsp3) is 0.727. The van der Waals surface area contributed by atoms with Crippen molar-refractivity contribution in [3.63, 3.8) is 0 Å². The van der Waals surface area contributed by atoms with E-state index in [1.807, 2.05) is 20.8 Å². The predicted octanol–water partition coefficient (Wildman–Crippen LogP) is 3.61. The molecule has 1 aromatic rings. The average Bonchev–Trinajstić information content (AvgIpc) is 2.56. The van der Waals surface area contributed by atoms with Gasteiger partial charge in [-0.2, -0.15) is 13.2 Å². The van der Waals surface area contributed by atoms with Crippen molar-refractivity contribution in [3.05, 3.63) is 15.6 Å². The van der Waals surface area contributed by atoms with Gasteiger partial charge in [-0.1, -0.05) is 6.92 Å². The van der Waals surface area contributed by atoms with Crippen LogP contribution < -0.4 is 5.32 Å². The summed E-state index contributed by atoms with van der Waals surface area (Å²) in [6, 6.07) is 0. The SMILES string of the molecule is CCc1nc(C(F)(F)F)c(CNC(C)(C)C)s1. The Morgan fingerprint density at radius 2 is 1.82 bits per heavy atom. The van der Waals surface area contributed by atoms with Crippen molar-refractivity contribution in [3.8, 4) is 0 Å². The molecule has 6 heteroatoms. The van der Waals surface area contributed by atoms with Gasteiger partial charge in [0.15, 0.2) is 5.69 Å². The molecule has 0 aromatic carbocycles. The molecular weight excluding hydrogens is 249 g/mol. The number of halogens is 3. The Kier molecular flexibility index (Phi) is 4.19. The van der Waals surface area contributed by atoms with Crippen LogP contribution in [0.2, 0.25) is 0 Å². The maximum Gasteiger partial charge on any atom is 0.434 e. The van der Waals surface area contributed by atoms with E-state index in [1.54, 1.807) is 6.92 Å². The third-order valence-electron chi connectivity index (χ3n) is 2.09. The molecular formula is C11H17F3N2S. The number of aryl methyl sites for hydroxylation is 1. The first-order valence-corrected chi connectivity index (χ1v) is 6.26. The van der Waals surface area contributed by atoms with Gasteiger partial charge in [0.05, 0.1) is 9.88 Å². The molecule has 0 fully saturated rings.